The Kier molecular flexibility index (Phi) is 5.49. The molecule has 2 amide bonds. The monoisotopic (exact) mass is 359 g/mol. The van der Waals surface area contributed by atoms with Gasteiger partial charge in [-0.05, 0) is 57.1 Å². The van der Waals surface area contributed by atoms with Gasteiger partial charge in [0.1, 0.15) is 5.75 Å². The zero-order valence-electron chi connectivity index (χ0n) is 15.7. The molecular weight excluding hydrogens is 330 g/mol. The van der Waals surface area contributed by atoms with Gasteiger partial charge in [0, 0.05) is 30.7 Å². The van der Waals surface area contributed by atoms with Gasteiger partial charge in [-0.2, -0.15) is 0 Å². The highest BCUT2D eigenvalue weighted by molar-refractivity contribution is 5.94. The second kappa shape index (κ2) is 7.64. The van der Waals surface area contributed by atoms with Crippen LogP contribution < -0.4 is 5.32 Å². The smallest absolute Gasteiger partial charge is 0.276 e. The average molecular weight is 359 g/mol. The Morgan fingerprint density at radius 1 is 1.31 bits per heavy atom. The summed E-state index contributed by atoms with van der Waals surface area (Å²) in [7, 11) is 1.76. The summed E-state index contributed by atoms with van der Waals surface area (Å²) in [4.78, 5) is 30.8. The van der Waals surface area contributed by atoms with Crippen molar-refractivity contribution in [2.45, 2.75) is 70.4 Å². The lowest BCUT2D eigenvalue weighted by Crippen LogP contribution is -2.51. The van der Waals surface area contributed by atoms with E-state index in [-0.39, 0.29) is 40.8 Å². The number of rotatable bonds is 5. The van der Waals surface area contributed by atoms with Gasteiger partial charge in [0.05, 0.1) is 0 Å². The standard InChI is InChI=1S/C20H29N3O3/c1-3-20(11-5-12-20)19(26)22-14-7-9-15(10-8-14)23(2)18(25)17-16(24)6-4-13-21-17/h4,6,13-15,24H,3,5,7-12H2,1-2H3,(H,22,26). The van der Waals surface area contributed by atoms with Gasteiger partial charge in [-0.3, -0.25) is 9.59 Å². The first-order valence-electron chi connectivity index (χ1n) is 9.69. The van der Waals surface area contributed by atoms with E-state index in [4.69, 9.17) is 0 Å². The number of carbonyl (C=O) groups is 2. The van der Waals surface area contributed by atoms with E-state index in [1.807, 2.05) is 0 Å². The fourth-order valence-electron chi connectivity index (χ4n) is 4.19. The third-order valence-electron chi connectivity index (χ3n) is 6.36. The zero-order valence-corrected chi connectivity index (χ0v) is 15.7. The second-order valence-corrected chi connectivity index (χ2v) is 7.75. The maximum Gasteiger partial charge on any atom is 0.276 e. The molecule has 0 radical (unpaired) electrons. The van der Waals surface area contributed by atoms with Gasteiger partial charge in [0.2, 0.25) is 5.91 Å². The maximum absolute atomic E-state index is 12.6. The van der Waals surface area contributed by atoms with Crippen LogP contribution in [0.4, 0.5) is 0 Å². The summed E-state index contributed by atoms with van der Waals surface area (Å²) in [5.74, 6) is -0.122. The third-order valence-corrected chi connectivity index (χ3v) is 6.36. The number of hydrogen-bond acceptors (Lipinski definition) is 4. The van der Waals surface area contributed by atoms with E-state index in [0.29, 0.717) is 0 Å². The number of nitrogens with one attached hydrogen (secondary N) is 1. The summed E-state index contributed by atoms with van der Waals surface area (Å²) in [6.45, 7) is 2.10. The fraction of sp³-hybridized carbons (Fsp3) is 0.650. The van der Waals surface area contributed by atoms with Crippen molar-refractivity contribution in [1.82, 2.24) is 15.2 Å². The first-order valence-corrected chi connectivity index (χ1v) is 9.69. The molecule has 0 spiro atoms. The third kappa shape index (κ3) is 3.55. The number of nitrogens with zero attached hydrogens (tertiary/aromatic N) is 2. The molecule has 0 bridgehead atoms. The minimum Gasteiger partial charge on any atom is -0.505 e. The molecule has 2 aliphatic rings. The lowest BCUT2D eigenvalue weighted by molar-refractivity contribution is -0.137. The molecular formula is C20H29N3O3. The van der Waals surface area contributed by atoms with Crippen LogP contribution in [-0.4, -0.2) is 45.9 Å². The number of hydrogen-bond donors (Lipinski definition) is 2. The van der Waals surface area contributed by atoms with Crippen LogP contribution >= 0.6 is 0 Å². The van der Waals surface area contributed by atoms with Gasteiger partial charge >= 0.3 is 0 Å². The summed E-state index contributed by atoms with van der Waals surface area (Å²) >= 11 is 0. The van der Waals surface area contributed by atoms with Crippen molar-refractivity contribution in [3.8, 4) is 5.75 Å². The summed E-state index contributed by atoms with van der Waals surface area (Å²) in [6, 6.07) is 3.39. The van der Waals surface area contributed by atoms with Crippen molar-refractivity contribution < 1.29 is 14.7 Å². The zero-order chi connectivity index (χ0) is 18.7. The molecule has 26 heavy (non-hydrogen) atoms. The molecule has 142 valence electrons. The van der Waals surface area contributed by atoms with Crippen molar-refractivity contribution >= 4 is 11.8 Å². The van der Waals surface area contributed by atoms with Crippen LogP contribution in [-0.2, 0) is 4.79 Å². The number of aromatic hydroxyl groups is 1. The highest BCUT2D eigenvalue weighted by Gasteiger charge is 2.43. The minimum atomic E-state index is -0.255. The molecule has 2 aliphatic carbocycles. The predicted octanol–water partition coefficient (Wildman–Crippen LogP) is 2.87. The molecule has 0 atom stereocenters. The molecule has 2 N–H and O–H groups in total. The Morgan fingerprint density at radius 3 is 2.54 bits per heavy atom. The predicted molar refractivity (Wildman–Crippen MR) is 98.8 cm³/mol. The van der Waals surface area contributed by atoms with Crippen molar-refractivity contribution in [2.24, 2.45) is 5.41 Å². The Hall–Kier alpha value is -2.11. The second-order valence-electron chi connectivity index (χ2n) is 7.75. The Labute approximate surface area is 155 Å². The van der Waals surface area contributed by atoms with Crippen LogP contribution in [0.15, 0.2) is 18.3 Å². The summed E-state index contributed by atoms with van der Waals surface area (Å²) in [5.41, 5.74) is -0.0274. The van der Waals surface area contributed by atoms with E-state index in [1.165, 1.54) is 12.3 Å². The Morgan fingerprint density at radius 2 is 2.00 bits per heavy atom. The lowest BCUT2D eigenvalue weighted by atomic mass is 9.66. The molecule has 6 heteroatoms. The SMILES string of the molecule is CCC1(C(=O)NC2CCC(N(C)C(=O)c3ncccc3O)CC2)CCC1. The van der Waals surface area contributed by atoms with Crippen molar-refractivity contribution in [3.05, 3.63) is 24.0 Å². The van der Waals surface area contributed by atoms with E-state index >= 15 is 0 Å². The lowest BCUT2D eigenvalue weighted by Gasteiger charge is -2.42. The average Bonchev–Trinajstić information content (AvgIpc) is 2.61. The van der Waals surface area contributed by atoms with Crippen LogP contribution in [0.1, 0.15) is 68.8 Å². The highest BCUT2D eigenvalue weighted by atomic mass is 16.3. The summed E-state index contributed by atoms with van der Waals surface area (Å²) < 4.78 is 0. The molecule has 3 rings (SSSR count). The number of aromatic nitrogens is 1. The van der Waals surface area contributed by atoms with Gasteiger partial charge < -0.3 is 15.3 Å². The van der Waals surface area contributed by atoms with Crippen molar-refractivity contribution in [1.29, 1.82) is 0 Å². The Bertz CT molecular complexity index is 659. The molecule has 0 unspecified atom stereocenters. The fourth-order valence-corrected chi connectivity index (χ4v) is 4.19. The molecule has 6 nitrogen and oxygen atoms in total. The van der Waals surface area contributed by atoms with Crippen LogP contribution in [0.5, 0.6) is 5.75 Å². The highest BCUT2D eigenvalue weighted by Crippen LogP contribution is 2.44. The first kappa shape index (κ1) is 18.7. The molecule has 0 aromatic carbocycles. The molecule has 1 aromatic heterocycles. The quantitative estimate of drug-likeness (QED) is 0.847. The summed E-state index contributed by atoms with van der Waals surface area (Å²) in [6.07, 6.45) is 9.05. The number of amides is 2. The van der Waals surface area contributed by atoms with Crippen molar-refractivity contribution in [3.63, 3.8) is 0 Å². The van der Waals surface area contributed by atoms with E-state index < -0.39 is 0 Å². The molecule has 1 heterocycles. The van der Waals surface area contributed by atoms with Crippen LogP contribution in [0, 0.1) is 5.41 Å². The largest absolute Gasteiger partial charge is 0.505 e. The van der Waals surface area contributed by atoms with Crippen LogP contribution in [0.3, 0.4) is 0 Å². The van der Waals surface area contributed by atoms with E-state index in [1.54, 1.807) is 18.0 Å². The van der Waals surface area contributed by atoms with Gasteiger partial charge in [0.25, 0.3) is 5.91 Å². The normalized spacial score (nSPS) is 24.4. The van der Waals surface area contributed by atoms with Gasteiger partial charge in [-0.15, -0.1) is 0 Å². The molecule has 2 saturated carbocycles. The first-order chi connectivity index (χ1) is 12.5. The number of pyridine rings is 1. The Balaban J connectivity index is 1.52. The maximum atomic E-state index is 12.6. The molecule has 2 fully saturated rings. The van der Waals surface area contributed by atoms with Gasteiger partial charge in [-0.25, -0.2) is 4.98 Å². The van der Waals surface area contributed by atoms with Crippen LogP contribution in [0.2, 0.25) is 0 Å². The van der Waals surface area contributed by atoms with Crippen molar-refractivity contribution in [2.75, 3.05) is 7.05 Å². The van der Waals surface area contributed by atoms with Gasteiger partial charge in [-0.1, -0.05) is 13.3 Å². The van der Waals surface area contributed by atoms with Gasteiger partial charge in [0.15, 0.2) is 5.69 Å². The summed E-state index contributed by atoms with van der Waals surface area (Å²) in [5, 5.41) is 13.1. The molecule has 0 aliphatic heterocycles. The van der Waals surface area contributed by atoms with E-state index in [9.17, 15) is 14.7 Å². The minimum absolute atomic E-state index is 0.0874. The molecule has 1 aromatic rings. The van der Waals surface area contributed by atoms with Crippen LogP contribution in [0.25, 0.3) is 0 Å². The number of carbonyl (C=O) groups excluding carboxylic acids is 2. The molecule has 0 saturated heterocycles. The topological polar surface area (TPSA) is 82.5 Å². The van der Waals surface area contributed by atoms with E-state index in [0.717, 1.165) is 51.4 Å². The van der Waals surface area contributed by atoms with E-state index in [2.05, 4.69) is 17.2 Å².